The number of carbonyl (C=O) groups excluding carboxylic acids is 2. The Balaban J connectivity index is 1.58. The summed E-state index contributed by atoms with van der Waals surface area (Å²) in [5.74, 6) is -0.110. The highest BCUT2D eigenvalue weighted by atomic mass is 35.5. The summed E-state index contributed by atoms with van der Waals surface area (Å²) in [7, 11) is 0. The number of fused-ring (bicyclic) bond motifs is 1. The minimum atomic E-state index is -0.387. The fourth-order valence-electron chi connectivity index (χ4n) is 2.58. The molecule has 0 fully saturated rings. The van der Waals surface area contributed by atoms with Crippen LogP contribution in [0.25, 0.3) is 0 Å². The van der Waals surface area contributed by atoms with Crippen molar-refractivity contribution in [3.05, 3.63) is 59.1 Å². The molecule has 0 unspecified atom stereocenters. The van der Waals surface area contributed by atoms with Gasteiger partial charge in [0.05, 0.1) is 12.2 Å². The number of anilines is 1. The average molecular weight is 345 g/mol. The molecule has 2 aromatic rings. The van der Waals surface area contributed by atoms with E-state index in [-0.39, 0.29) is 25.0 Å². The number of nitrogens with zero attached hydrogens (tertiary/aromatic N) is 1. The van der Waals surface area contributed by atoms with Crippen LogP contribution in [0.3, 0.4) is 0 Å². The number of rotatable bonds is 5. The minimum absolute atomic E-state index is 0.0272. The minimum Gasteiger partial charge on any atom is -0.423 e. The zero-order valence-electron chi connectivity index (χ0n) is 13.0. The van der Waals surface area contributed by atoms with Crippen LogP contribution < -0.4 is 15.0 Å². The van der Waals surface area contributed by atoms with Gasteiger partial charge >= 0.3 is 5.97 Å². The molecule has 0 saturated heterocycles. The van der Waals surface area contributed by atoms with Gasteiger partial charge in [0, 0.05) is 11.6 Å². The third-order valence-corrected chi connectivity index (χ3v) is 3.95. The summed E-state index contributed by atoms with van der Waals surface area (Å²) in [5.41, 5.74) is 1.82. The molecule has 1 N–H and O–H groups in total. The lowest BCUT2D eigenvalue weighted by Gasteiger charge is -2.29. The fraction of sp³-hybridized carbons (Fsp3) is 0.222. The van der Waals surface area contributed by atoms with Gasteiger partial charge in [-0.1, -0.05) is 41.9 Å². The van der Waals surface area contributed by atoms with Gasteiger partial charge in [0.2, 0.25) is 5.91 Å². The van der Waals surface area contributed by atoms with E-state index in [4.69, 9.17) is 16.3 Å². The normalized spacial score (nSPS) is 13.2. The Labute approximate surface area is 145 Å². The topological polar surface area (TPSA) is 58.6 Å². The van der Waals surface area contributed by atoms with Crippen molar-refractivity contribution in [3.63, 3.8) is 0 Å². The highest BCUT2D eigenvalue weighted by Crippen LogP contribution is 2.34. The Morgan fingerprint density at radius 3 is 2.79 bits per heavy atom. The Bertz CT molecular complexity index is 749. The lowest BCUT2D eigenvalue weighted by Crippen LogP contribution is -2.43. The molecule has 0 saturated carbocycles. The maximum absolute atomic E-state index is 12.2. The van der Waals surface area contributed by atoms with E-state index in [1.165, 1.54) is 0 Å². The molecular weight excluding hydrogens is 328 g/mol. The van der Waals surface area contributed by atoms with Crippen LogP contribution in [0.4, 0.5) is 5.69 Å². The van der Waals surface area contributed by atoms with Crippen molar-refractivity contribution in [2.24, 2.45) is 0 Å². The highest BCUT2D eigenvalue weighted by Gasteiger charge is 2.25. The van der Waals surface area contributed by atoms with E-state index in [1.807, 2.05) is 30.3 Å². The molecule has 24 heavy (non-hydrogen) atoms. The molecule has 3 rings (SSSR count). The summed E-state index contributed by atoms with van der Waals surface area (Å²) in [6, 6.07) is 14.9. The molecular formula is C18H17ClN2O3. The number of carbonyl (C=O) groups is 2. The second-order valence-corrected chi connectivity index (χ2v) is 5.96. The third kappa shape index (κ3) is 4.06. The first-order valence-electron chi connectivity index (χ1n) is 7.67. The van der Waals surface area contributed by atoms with Gasteiger partial charge in [0.1, 0.15) is 6.54 Å². The van der Waals surface area contributed by atoms with Crippen LogP contribution in [0.15, 0.2) is 48.5 Å². The molecule has 0 bridgehead atoms. The Kier molecular flexibility index (Phi) is 5.01. The highest BCUT2D eigenvalue weighted by molar-refractivity contribution is 6.31. The van der Waals surface area contributed by atoms with Crippen LogP contribution in [0.5, 0.6) is 5.75 Å². The summed E-state index contributed by atoms with van der Waals surface area (Å²) < 4.78 is 5.17. The molecule has 1 heterocycles. The van der Waals surface area contributed by atoms with Crippen molar-refractivity contribution in [3.8, 4) is 5.75 Å². The first-order valence-corrected chi connectivity index (χ1v) is 8.05. The van der Waals surface area contributed by atoms with Crippen LogP contribution >= 0.6 is 11.6 Å². The lowest BCUT2D eigenvalue weighted by atomic mass is 10.1. The van der Waals surface area contributed by atoms with E-state index in [9.17, 15) is 9.59 Å². The number of hydrogen-bond acceptors (Lipinski definition) is 4. The predicted molar refractivity (Wildman–Crippen MR) is 92.5 cm³/mol. The number of hydrogen-bond donors (Lipinski definition) is 1. The Morgan fingerprint density at radius 1 is 1.21 bits per heavy atom. The zero-order chi connectivity index (χ0) is 16.9. The molecule has 6 heteroatoms. The fourth-order valence-corrected chi connectivity index (χ4v) is 2.75. The largest absolute Gasteiger partial charge is 0.423 e. The van der Waals surface area contributed by atoms with E-state index in [0.717, 1.165) is 12.0 Å². The first-order chi connectivity index (χ1) is 11.6. The van der Waals surface area contributed by atoms with E-state index in [2.05, 4.69) is 5.32 Å². The monoisotopic (exact) mass is 344 g/mol. The van der Waals surface area contributed by atoms with Crippen LogP contribution in [-0.2, 0) is 16.0 Å². The third-order valence-electron chi connectivity index (χ3n) is 3.72. The van der Waals surface area contributed by atoms with Gasteiger partial charge < -0.3 is 15.0 Å². The number of halogens is 1. The summed E-state index contributed by atoms with van der Waals surface area (Å²) in [6.07, 6.45) is 0.761. The molecule has 0 aliphatic carbocycles. The summed E-state index contributed by atoms with van der Waals surface area (Å²) >= 11 is 6.00. The number of amides is 1. The molecule has 1 aliphatic rings. The molecule has 0 radical (unpaired) electrons. The van der Waals surface area contributed by atoms with Crippen LogP contribution in [0, 0.1) is 0 Å². The van der Waals surface area contributed by atoms with Gasteiger partial charge in [0.25, 0.3) is 0 Å². The number of nitrogens with one attached hydrogen (secondary N) is 1. The molecule has 1 amide bonds. The SMILES string of the molecule is O=C(CN1CC(=O)Oc2ccc(Cl)cc21)NCCc1ccccc1. The van der Waals surface area contributed by atoms with Crippen LogP contribution in [-0.4, -0.2) is 31.5 Å². The molecule has 1 aliphatic heterocycles. The van der Waals surface area contributed by atoms with Crippen molar-refractivity contribution >= 4 is 29.2 Å². The zero-order valence-corrected chi connectivity index (χ0v) is 13.8. The second-order valence-electron chi connectivity index (χ2n) is 5.53. The molecule has 0 aromatic heterocycles. The van der Waals surface area contributed by atoms with Crippen molar-refractivity contribution in [1.82, 2.24) is 5.32 Å². The van der Waals surface area contributed by atoms with Crippen LogP contribution in [0.2, 0.25) is 5.02 Å². The maximum atomic E-state index is 12.2. The van der Waals surface area contributed by atoms with Gasteiger partial charge in [0.15, 0.2) is 5.75 Å². The Morgan fingerprint density at radius 2 is 2.00 bits per heavy atom. The molecule has 124 valence electrons. The van der Waals surface area contributed by atoms with E-state index in [0.29, 0.717) is 23.0 Å². The van der Waals surface area contributed by atoms with E-state index >= 15 is 0 Å². The summed E-state index contributed by atoms with van der Waals surface area (Å²) in [5, 5.41) is 3.40. The van der Waals surface area contributed by atoms with Gasteiger partial charge in [-0.05, 0) is 30.2 Å². The standard InChI is InChI=1S/C18H17ClN2O3/c19-14-6-7-16-15(10-14)21(12-18(23)24-16)11-17(22)20-9-8-13-4-2-1-3-5-13/h1-7,10H,8-9,11-12H2,(H,20,22). The van der Waals surface area contributed by atoms with E-state index in [1.54, 1.807) is 23.1 Å². The van der Waals surface area contributed by atoms with Crippen molar-refractivity contribution in [1.29, 1.82) is 0 Å². The second kappa shape index (κ2) is 7.36. The van der Waals surface area contributed by atoms with Crippen LogP contribution in [0.1, 0.15) is 5.56 Å². The molecule has 5 nitrogen and oxygen atoms in total. The number of esters is 1. The maximum Gasteiger partial charge on any atom is 0.331 e. The van der Waals surface area contributed by atoms with Crippen molar-refractivity contribution in [2.45, 2.75) is 6.42 Å². The first kappa shape index (κ1) is 16.3. The number of benzene rings is 2. The van der Waals surface area contributed by atoms with Crippen molar-refractivity contribution in [2.75, 3.05) is 24.5 Å². The molecule has 0 spiro atoms. The quantitative estimate of drug-likeness (QED) is 0.668. The molecule has 0 atom stereocenters. The average Bonchev–Trinajstić information content (AvgIpc) is 2.56. The number of ether oxygens (including phenoxy) is 1. The van der Waals surface area contributed by atoms with Gasteiger partial charge in [-0.15, -0.1) is 0 Å². The van der Waals surface area contributed by atoms with Crippen molar-refractivity contribution < 1.29 is 14.3 Å². The predicted octanol–water partition coefficient (Wildman–Crippen LogP) is 2.42. The van der Waals surface area contributed by atoms with Gasteiger partial charge in [-0.2, -0.15) is 0 Å². The smallest absolute Gasteiger partial charge is 0.331 e. The van der Waals surface area contributed by atoms with Gasteiger partial charge in [-0.25, -0.2) is 4.79 Å². The van der Waals surface area contributed by atoms with E-state index < -0.39 is 0 Å². The lowest BCUT2D eigenvalue weighted by molar-refractivity contribution is -0.133. The Hall–Kier alpha value is -2.53. The summed E-state index contributed by atoms with van der Waals surface area (Å²) in [4.78, 5) is 25.5. The molecule has 2 aromatic carbocycles. The summed E-state index contributed by atoms with van der Waals surface area (Å²) in [6.45, 7) is 0.653. The van der Waals surface area contributed by atoms with Gasteiger partial charge in [-0.3, -0.25) is 4.79 Å².